The minimum Gasteiger partial charge on any atom is -0.507 e. The number of rotatable bonds is 6. The number of anilines is 4. The summed E-state index contributed by atoms with van der Waals surface area (Å²) in [5.41, 5.74) is 15.9. The molecule has 2 heterocycles. The summed E-state index contributed by atoms with van der Waals surface area (Å²) in [6.45, 7) is 23.7. The molecule has 2 fully saturated rings. The smallest absolute Gasteiger partial charge is 0.507 e. The van der Waals surface area contributed by atoms with Crippen molar-refractivity contribution in [2.45, 2.75) is 41.5 Å². The van der Waals surface area contributed by atoms with Gasteiger partial charge in [0.1, 0.15) is 11.5 Å². The van der Waals surface area contributed by atoms with Crippen molar-refractivity contribution in [2.75, 3.05) is 45.8 Å². The molecule has 2 N–H and O–H groups in total. The summed E-state index contributed by atoms with van der Waals surface area (Å²) in [5, 5.41) is 31.1. The number of hydrogen-bond acceptors (Lipinski definition) is 6. The molecule has 4 radical (unpaired) electrons. The van der Waals surface area contributed by atoms with Gasteiger partial charge in [-0.3, -0.25) is 0 Å². The number of phenolic OH excluding ortho intramolecular Hbond substituents is 2. The molecule has 72 heavy (non-hydrogen) atoms. The van der Waals surface area contributed by atoms with Crippen LogP contribution in [0.1, 0.15) is 33.4 Å². The van der Waals surface area contributed by atoms with Crippen molar-refractivity contribution in [1.82, 2.24) is 0 Å². The molecule has 0 aliphatic carbocycles. The van der Waals surface area contributed by atoms with Crippen molar-refractivity contribution in [1.29, 1.82) is 0 Å². The zero-order chi connectivity index (χ0) is 48.2. The van der Waals surface area contributed by atoms with Crippen LogP contribution in [0.2, 0.25) is 0 Å². The molecule has 0 spiro atoms. The Kier molecular flexibility index (Phi) is 14.7. The molecule has 12 rings (SSSR count). The van der Waals surface area contributed by atoms with Crippen LogP contribution in [0.4, 0.5) is 22.7 Å². The first kappa shape index (κ1) is 50.5. The van der Waals surface area contributed by atoms with Crippen molar-refractivity contribution >= 4 is 65.8 Å². The van der Waals surface area contributed by atoms with E-state index in [9.17, 15) is 10.2 Å². The molecular formula is C64H56Ag2N4O2+2. The predicted octanol–water partition coefficient (Wildman–Crippen LogP) is 15.2. The van der Waals surface area contributed by atoms with Gasteiger partial charge in [0.25, 0.3) is 0 Å². The topological polar surface area (TPSA) is 53.4 Å². The molecule has 0 amide bonds. The number of aryl methyl sites for hydroxylation is 6. The van der Waals surface area contributed by atoms with Crippen LogP contribution in [0.5, 0.6) is 11.5 Å². The van der Waals surface area contributed by atoms with Gasteiger partial charge in [0.05, 0.1) is 0 Å². The second kappa shape index (κ2) is 20.9. The van der Waals surface area contributed by atoms with Gasteiger partial charge < -0.3 is 29.8 Å². The second-order valence-electron chi connectivity index (χ2n) is 19.1. The van der Waals surface area contributed by atoms with Crippen molar-refractivity contribution in [2.24, 2.45) is 0 Å². The zero-order valence-electron chi connectivity index (χ0n) is 41.3. The SMILES string of the molecule is Cc1cc(C)c(N2[C]N(c3cc4ccccc4cc3-c3c(O)ccc4ccccc34)CC2)c(C)c1.Cc1cc(C)c(N2[C]N(c3cc4ccccc4cc3-c3cc4ccccc4cc3O)CC2)c(C)c1.[Ag+].[Ag+]. The molecule has 2 aliphatic rings. The van der Waals surface area contributed by atoms with Crippen molar-refractivity contribution in [3.8, 4) is 33.8 Å². The van der Waals surface area contributed by atoms with Gasteiger partial charge in [0.15, 0.2) is 0 Å². The average molecular weight is 1130 g/mol. The molecule has 2 aliphatic heterocycles. The van der Waals surface area contributed by atoms with E-state index in [1.54, 1.807) is 6.07 Å². The van der Waals surface area contributed by atoms with Crippen LogP contribution in [0, 0.1) is 54.9 Å². The first-order valence-corrected chi connectivity index (χ1v) is 24.2. The van der Waals surface area contributed by atoms with E-state index in [0.717, 1.165) is 92.1 Å². The van der Waals surface area contributed by atoms with Crippen LogP contribution in [-0.2, 0) is 44.8 Å². The molecule has 0 unspecified atom stereocenters. The number of nitrogens with zero attached hydrogens (tertiary/aromatic N) is 4. The molecule has 8 heteroatoms. The summed E-state index contributed by atoms with van der Waals surface area (Å²) in [6.07, 6.45) is 0. The Morgan fingerprint density at radius 2 is 0.708 bits per heavy atom. The summed E-state index contributed by atoms with van der Waals surface area (Å²) in [7, 11) is 0. The van der Waals surface area contributed by atoms with Crippen LogP contribution in [0.15, 0.2) is 170 Å². The number of aromatic hydroxyl groups is 2. The van der Waals surface area contributed by atoms with E-state index >= 15 is 0 Å². The first-order valence-electron chi connectivity index (χ1n) is 24.2. The predicted molar refractivity (Wildman–Crippen MR) is 294 cm³/mol. The van der Waals surface area contributed by atoms with E-state index < -0.39 is 0 Å². The van der Waals surface area contributed by atoms with Gasteiger partial charge >= 0.3 is 44.8 Å². The van der Waals surface area contributed by atoms with Gasteiger partial charge in [-0.05, 0) is 149 Å². The standard InChI is InChI=1S/2C32H28N2O.2Ag/c1-21-14-22(2)32(23(3)15-21)34-13-12-33(20-34)30-18-26-10-6-4-8-24(26)16-28(30)29-17-25-9-5-7-11-27(25)19-31(29)35;1-21-16-22(2)32(23(3)17-21)34-15-14-33(20-34)29-19-26-10-5-4-9-25(26)18-28(29)31-27-11-7-6-8-24(27)12-13-30(31)35;;/h4-11,14-19,35H,12-13H2,1-3H3;4-13,16-19,35H,14-15H2,1-3H3;;/q;;2*+1. The minimum absolute atomic E-state index is 0. The van der Waals surface area contributed by atoms with Gasteiger partial charge in [0.2, 0.25) is 13.3 Å². The van der Waals surface area contributed by atoms with Crippen LogP contribution in [0.25, 0.3) is 65.3 Å². The van der Waals surface area contributed by atoms with E-state index in [1.165, 1.54) is 55.5 Å². The quantitative estimate of drug-likeness (QED) is 0.162. The van der Waals surface area contributed by atoms with Crippen LogP contribution < -0.4 is 19.6 Å². The number of phenols is 2. The normalized spacial score (nSPS) is 13.4. The third-order valence-corrected chi connectivity index (χ3v) is 14.0. The third kappa shape index (κ3) is 9.64. The molecule has 10 aromatic carbocycles. The van der Waals surface area contributed by atoms with E-state index in [-0.39, 0.29) is 44.8 Å². The van der Waals surface area contributed by atoms with E-state index in [1.807, 2.05) is 42.5 Å². The number of hydrogen-bond donors (Lipinski definition) is 2. The van der Waals surface area contributed by atoms with Crippen molar-refractivity contribution in [3.63, 3.8) is 0 Å². The fourth-order valence-corrected chi connectivity index (χ4v) is 11.1. The van der Waals surface area contributed by atoms with Gasteiger partial charge in [-0.15, -0.1) is 0 Å². The molecule has 0 saturated carbocycles. The summed E-state index contributed by atoms with van der Waals surface area (Å²) in [5.74, 6) is 0.586. The maximum atomic E-state index is 11.1. The zero-order valence-corrected chi connectivity index (χ0v) is 44.2. The van der Waals surface area contributed by atoms with E-state index in [4.69, 9.17) is 0 Å². The second-order valence-corrected chi connectivity index (χ2v) is 19.1. The molecule has 2 saturated heterocycles. The number of benzene rings is 10. The molecule has 0 aromatic heterocycles. The Morgan fingerprint density at radius 1 is 0.347 bits per heavy atom. The molecule has 0 bridgehead atoms. The number of fused-ring (bicyclic) bond motifs is 4. The summed E-state index contributed by atoms with van der Waals surface area (Å²) in [4.78, 5) is 8.90. The van der Waals surface area contributed by atoms with Crippen molar-refractivity contribution < 1.29 is 55.0 Å². The Morgan fingerprint density at radius 3 is 1.18 bits per heavy atom. The monoisotopic (exact) mass is 1130 g/mol. The van der Waals surface area contributed by atoms with Crippen LogP contribution in [-0.4, -0.2) is 36.4 Å². The maximum Gasteiger partial charge on any atom is 1.00 e. The minimum atomic E-state index is 0. The fourth-order valence-electron chi connectivity index (χ4n) is 11.1. The fraction of sp³-hybridized carbons (Fsp3) is 0.156. The third-order valence-electron chi connectivity index (χ3n) is 14.0. The largest absolute Gasteiger partial charge is 1.00 e. The Bertz CT molecular complexity index is 3610. The van der Waals surface area contributed by atoms with Gasteiger partial charge in [-0.1, -0.05) is 139 Å². The van der Waals surface area contributed by atoms with Crippen LogP contribution in [0.3, 0.4) is 0 Å². The van der Waals surface area contributed by atoms with Crippen molar-refractivity contribution in [3.05, 3.63) is 217 Å². The van der Waals surface area contributed by atoms with E-state index in [0.29, 0.717) is 11.5 Å². The molecular weight excluding hydrogens is 1070 g/mol. The molecule has 6 nitrogen and oxygen atoms in total. The summed E-state index contributed by atoms with van der Waals surface area (Å²) in [6, 6.07) is 58.8. The summed E-state index contributed by atoms with van der Waals surface area (Å²) >= 11 is 0. The van der Waals surface area contributed by atoms with Gasteiger partial charge in [-0.25, -0.2) is 0 Å². The molecule has 364 valence electrons. The maximum absolute atomic E-state index is 11.1. The van der Waals surface area contributed by atoms with E-state index in [2.05, 4.69) is 196 Å². The molecule has 0 atom stereocenters. The Hall–Kier alpha value is -6.48. The van der Waals surface area contributed by atoms with Crippen LogP contribution >= 0.6 is 0 Å². The average Bonchev–Trinajstić information content (AvgIpc) is 4.04. The summed E-state index contributed by atoms with van der Waals surface area (Å²) < 4.78 is 0. The first-order chi connectivity index (χ1) is 34.0. The Balaban J connectivity index is 0.000000173. The van der Waals surface area contributed by atoms with Gasteiger partial charge in [0, 0.05) is 71.2 Å². The Labute approximate surface area is 455 Å². The van der Waals surface area contributed by atoms with Gasteiger partial charge in [-0.2, -0.15) is 0 Å². The molecule has 10 aromatic rings.